The van der Waals surface area contributed by atoms with E-state index >= 15 is 0 Å². The van der Waals surface area contributed by atoms with E-state index in [1.54, 1.807) is 0 Å². The fourth-order valence-electron chi connectivity index (χ4n) is 3.21. The molecule has 2 aromatic heterocycles. The van der Waals surface area contributed by atoms with Gasteiger partial charge in [0.1, 0.15) is 16.6 Å². The number of carbonyl (C=O) groups excluding carboxylic acids is 1. The lowest BCUT2D eigenvalue weighted by Gasteiger charge is -2.30. The standard InChI is InChI=1S/C19H17F2N3OS2/c1-11-2-5-16(26-11)19(25)24-8-6-12(7-9-24)17-22-23-18(27-17)14-4-3-13(20)10-15(14)21/h2-5,10,12H,6-9H2,1H3. The molecule has 3 heterocycles. The van der Waals surface area contributed by atoms with Crippen LogP contribution in [0.1, 0.15) is 38.3 Å². The van der Waals surface area contributed by atoms with Crippen molar-refractivity contribution >= 4 is 28.6 Å². The van der Waals surface area contributed by atoms with E-state index in [1.807, 2.05) is 24.0 Å². The number of hydrogen-bond donors (Lipinski definition) is 0. The lowest BCUT2D eigenvalue weighted by molar-refractivity contribution is 0.0717. The Kier molecular flexibility index (Phi) is 5.01. The largest absolute Gasteiger partial charge is 0.338 e. The zero-order valence-electron chi connectivity index (χ0n) is 14.6. The monoisotopic (exact) mass is 405 g/mol. The van der Waals surface area contributed by atoms with Gasteiger partial charge >= 0.3 is 0 Å². The minimum atomic E-state index is -0.635. The molecule has 0 bridgehead atoms. The second-order valence-corrected chi connectivity index (χ2v) is 8.84. The highest BCUT2D eigenvalue weighted by atomic mass is 32.1. The summed E-state index contributed by atoms with van der Waals surface area (Å²) in [4.78, 5) is 16.3. The van der Waals surface area contributed by atoms with Crippen LogP contribution in [0.5, 0.6) is 0 Å². The van der Waals surface area contributed by atoms with Gasteiger partial charge in [-0.25, -0.2) is 8.78 Å². The van der Waals surface area contributed by atoms with E-state index in [0.717, 1.165) is 33.7 Å². The van der Waals surface area contributed by atoms with Crippen molar-refractivity contribution in [3.63, 3.8) is 0 Å². The quantitative estimate of drug-likeness (QED) is 0.624. The van der Waals surface area contributed by atoms with Crippen molar-refractivity contribution in [2.24, 2.45) is 0 Å². The Labute approximate surface area is 163 Å². The molecule has 140 valence electrons. The Morgan fingerprint density at radius 3 is 2.56 bits per heavy atom. The molecule has 1 saturated heterocycles. The molecule has 1 amide bonds. The van der Waals surface area contributed by atoms with E-state index in [-0.39, 0.29) is 17.4 Å². The van der Waals surface area contributed by atoms with Crippen molar-refractivity contribution in [2.75, 3.05) is 13.1 Å². The number of rotatable bonds is 3. The summed E-state index contributed by atoms with van der Waals surface area (Å²) in [6.45, 7) is 3.32. The van der Waals surface area contributed by atoms with Crippen LogP contribution in [0.4, 0.5) is 8.78 Å². The van der Waals surface area contributed by atoms with E-state index in [0.29, 0.717) is 18.1 Å². The molecule has 0 aliphatic carbocycles. The first-order chi connectivity index (χ1) is 13.0. The Bertz CT molecular complexity index is 977. The smallest absolute Gasteiger partial charge is 0.263 e. The molecule has 1 aromatic carbocycles. The van der Waals surface area contributed by atoms with Crippen LogP contribution in [0, 0.1) is 18.6 Å². The summed E-state index contributed by atoms with van der Waals surface area (Å²) in [5.41, 5.74) is 0.265. The zero-order valence-corrected chi connectivity index (χ0v) is 16.2. The van der Waals surface area contributed by atoms with Gasteiger partial charge < -0.3 is 4.90 Å². The molecule has 0 saturated carbocycles. The van der Waals surface area contributed by atoms with E-state index < -0.39 is 11.6 Å². The Morgan fingerprint density at radius 1 is 1.11 bits per heavy atom. The van der Waals surface area contributed by atoms with Gasteiger partial charge in [0.05, 0.1) is 4.88 Å². The van der Waals surface area contributed by atoms with Gasteiger partial charge in [0.25, 0.3) is 5.91 Å². The molecule has 1 aliphatic heterocycles. The normalized spacial score (nSPS) is 15.3. The molecule has 0 atom stereocenters. The average Bonchev–Trinajstić information content (AvgIpc) is 3.31. The van der Waals surface area contributed by atoms with Crippen LogP contribution in [-0.2, 0) is 0 Å². The highest BCUT2D eigenvalue weighted by molar-refractivity contribution is 7.14. The molecule has 27 heavy (non-hydrogen) atoms. The van der Waals surface area contributed by atoms with Gasteiger partial charge in [-0.15, -0.1) is 21.5 Å². The predicted octanol–water partition coefficient (Wildman–Crippen LogP) is 4.87. The van der Waals surface area contributed by atoms with E-state index in [1.165, 1.54) is 34.8 Å². The molecular formula is C19H17F2N3OS2. The lowest BCUT2D eigenvalue weighted by Crippen LogP contribution is -2.37. The molecule has 0 unspecified atom stereocenters. The minimum absolute atomic E-state index is 0.0814. The van der Waals surface area contributed by atoms with Gasteiger partial charge in [0, 0.05) is 35.5 Å². The van der Waals surface area contributed by atoms with Crippen LogP contribution in [0.2, 0.25) is 0 Å². The average molecular weight is 405 g/mol. The lowest BCUT2D eigenvalue weighted by atomic mass is 9.97. The number of nitrogens with zero attached hydrogens (tertiary/aromatic N) is 3. The fraction of sp³-hybridized carbons (Fsp3) is 0.316. The van der Waals surface area contributed by atoms with Gasteiger partial charge in [-0.3, -0.25) is 4.79 Å². The van der Waals surface area contributed by atoms with E-state index in [9.17, 15) is 13.6 Å². The summed E-state index contributed by atoms with van der Waals surface area (Å²) >= 11 is 2.85. The van der Waals surface area contributed by atoms with Gasteiger partial charge in [-0.05, 0) is 44.0 Å². The maximum absolute atomic E-state index is 13.9. The maximum Gasteiger partial charge on any atom is 0.263 e. The van der Waals surface area contributed by atoms with Gasteiger partial charge in [0.2, 0.25) is 0 Å². The first-order valence-corrected chi connectivity index (χ1v) is 10.3. The summed E-state index contributed by atoms with van der Waals surface area (Å²) in [5.74, 6) is -0.963. The number of amides is 1. The summed E-state index contributed by atoms with van der Waals surface area (Å²) in [6.07, 6.45) is 1.60. The second kappa shape index (κ2) is 7.44. The van der Waals surface area contributed by atoms with Crippen molar-refractivity contribution in [3.05, 3.63) is 56.7 Å². The van der Waals surface area contributed by atoms with Crippen molar-refractivity contribution in [1.82, 2.24) is 15.1 Å². The Balaban J connectivity index is 1.43. The van der Waals surface area contributed by atoms with Crippen molar-refractivity contribution in [1.29, 1.82) is 0 Å². The number of likely N-dealkylation sites (tertiary alicyclic amines) is 1. The zero-order chi connectivity index (χ0) is 19.0. The maximum atomic E-state index is 13.9. The SMILES string of the molecule is Cc1ccc(C(=O)N2CCC(c3nnc(-c4ccc(F)cc4F)s3)CC2)s1. The number of thiophene rings is 1. The molecule has 4 nitrogen and oxygen atoms in total. The predicted molar refractivity (Wildman–Crippen MR) is 102 cm³/mol. The summed E-state index contributed by atoms with van der Waals surface area (Å²) in [6, 6.07) is 7.30. The molecule has 4 rings (SSSR count). The van der Waals surface area contributed by atoms with E-state index in [2.05, 4.69) is 10.2 Å². The topological polar surface area (TPSA) is 46.1 Å². The summed E-state index contributed by atoms with van der Waals surface area (Å²) < 4.78 is 27.0. The van der Waals surface area contributed by atoms with Gasteiger partial charge in [-0.2, -0.15) is 0 Å². The third-order valence-corrected chi connectivity index (χ3v) is 6.79. The summed E-state index contributed by atoms with van der Waals surface area (Å²) in [7, 11) is 0. The first-order valence-electron chi connectivity index (χ1n) is 8.66. The number of hydrogen-bond acceptors (Lipinski definition) is 5. The van der Waals surface area contributed by atoms with Crippen molar-refractivity contribution in [3.8, 4) is 10.6 Å². The fourth-order valence-corrected chi connectivity index (χ4v) is 5.08. The number of carbonyl (C=O) groups is 1. The minimum Gasteiger partial charge on any atom is -0.338 e. The van der Waals surface area contributed by atoms with Crippen molar-refractivity contribution < 1.29 is 13.6 Å². The molecule has 8 heteroatoms. The number of aryl methyl sites for hydroxylation is 1. The van der Waals surface area contributed by atoms with Crippen LogP contribution >= 0.6 is 22.7 Å². The summed E-state index contributed by atoms with van der Waals surface area (Å²) in [5, 5.41) is 9.60. The second-order valence-electron chi connectivity index (χ2n) is 6.55. The van der Waals surface area contributed by atoms with Crippen LogP contribution in [0.15, 0.2) is 30.3 Å². The van der Waals surface area contributed by atoms with E-state index in [4.69, 9.17) is 0 Å². The number of piperidine rings is 1. The number of benzene rings is 1. The van der Waals surface area contributed by atoms with Crippen LogP contribution < -0.4 is 0 Å². The van der Waals surface area contributed by atoms with Gasteiger partial charge in [0.15, 0.2) is 5.01 Å². The van der Waals surface area contributed by atoms with Crippen LogP contribution in [-0.4, -0.2) is 34.1 Å². The molecule has 0 N–H and O–H groups in total. The third kappa shape index (κ3) is 3.77. The van der Waals surface area contributed by atoms with Crippen LogP contribution in [0.25, 0.3) is 10.6 Å². The molecule has 0 radical (unpaired) electrons. The molecule has 1 fully saturated rings. The highest BCUT2D eigenvalue weighted by Gasteiger charge is 2.27. The molecular weight excluding hydrogens is 388 g/mol. The number of aromatic nitrogens is 2. The molecule has 1 aliphatic rings. The Hall–Kier alpha value is -2.19. The third-order valence-electron chi connectivity index (χ3n) is 4.68. The molecule has 0 spiro atoms. The first kappa shape index (κ1) is 18.2. The van der Waals surface area contributed by atoms with Crippen molar-refractivity contribution in [2.45, 2.75) is 25.7 Å². The number of halogens is 2. The van der Waals surface area contributed by atoms with Gasteiger partial charge in [-0.1, -0.05) is 11.3 Å². The highest BCUT2D eigenvalue weighted by Crippen LogP contribution is 2.35. The Morgan fingerprint density at radius 2 is 1.89 bits per heavy atom. The van der Waals surface area contributed by atoms with Crippen LogP contribution in [0.3, 0.4) is 0 Å². The molecule has 3 aromatic rings.